The molecular formula is C15H24ClN3. The molecule has 2 heterocycles. The van der Waals surface area contributed by atoms with Crippen LogP contribution in [0.2, 0.25) is 5.02 Å². The molecule has 19 heavy (non-hydrogen) atoms. The van der Waals surface area contributed by atoms with E-state index in [4.69, 9.17) is 11.6 Å². The van der Waals surface area contributed by atoms with E-state index in [9.17, 15) is 0 Å². The average Bonchev–Trinajstić information content (AvgIpc) is 2.36. The van der Waals surface area contributed by atoms with Gasteiger partial charge >= 0.3 is 0 Å². The van der Waals surface area contributed by atoms with Gasteiger partial charge in [0.15, 0.2) is 0 Å². The molecule has 0 atom stereocenters. The maximum absolute atomic E-state index is 6.27. The van der Waals surface area contributed by atoms with Crippen LogP contribution in [0.4, 0.5) is 5.82 Å². The van der Waals surface area contributed by atoms with Crippen molar-refractivity contribution in [3.05, 3.63) is 22.8 Å². The predicted molar refractivity (Wildman–Crippen MR) is 81.8 cm³/mol. The highest BCUT2D eigenvalue weighted by Gasteiger charge is 2.12. The standard InChI is InChI=1S/C15H24ClN3/c1-2-17-15-9-8-13(16)14(18-15)12-19-10-6-4-3-5-7-11-19/h8-9H,2-7,10-12H2,1H3,(H,17,18). The van der Waals surface area contributed by atoms with E-state index in [1.54, 1.807) is 0 Å². The van der Waals surface area contributed by atoms with Crippen molar-refractivity contribution in [2.24, 2.45) is 0 Å². The van der Waals surface area contributed by atoms with Crippen molar-refractivity contribution in [2.45, 2.75) is 45.6 Å². The molecule has 3 nitrogen and oxygen atoms in total. The number of anilines is 1. The summed E-state index contributed by atoms with van der Waals surface area (Å²) in [5, 5.41) is 4.03. The molecule has 1 N–H and O–H groups in total. The third-order valence-corrected chi connectivity index (χ3v) is 3.94. The SMILES string of the molecule is CCNc1ccc(Cl)c(CN2CCCCCCC2)n1. The lowest BCUT2D eigenvalue weighted by Gasteiger charge is -2.24. The summed E-state index contributed by atoms with van der Waals surface area (Å²) in [6.45, 7) is 6.18. The van der Waals surface area contributed by atoms with Crippen LogP contribution >= 0.6 is 11.6 Å². The monoisotopic (exact) mass is 281 g/mol. The number of rotatable bonds is 4. The fourth-order valence-corrected chi connectivity index (χ4v) is 2.72. The smallest absolute Gasteiger partial charge is 0.126 e. The molecule has 0 unspecified atom stereocenters. The quantitative estimate of drug-likeness (QED) is 0.906. The largest absolute Gasteiger partial charge is 0.370 e. The molecule has 4 heteroatoms. The number of hydrogen-bond donors (Lipinski definition) is 1. The lowest BCUT2D eigenvalue weighted by atomic mass is 10.1. The van der Waals surface area contributed by atoms with E-state index in [2.05, 4.69) is 22.1 Å². The number of nitrogens with zero attached hydrogens (tertiary/aromatic N) is 2. The number of halogens is 1. The van der Waals surface area contributed by atoms with Gasteiger partial charge in [-0.3, -0.25) is 4.90 Å². The number of likely N-dealkylation sites (tertiary alicyclic amines) is 1. The Hall–Kier alpha value is -0.800. The fraction of sp³-hybridized carbons (Fsp3) is 0.667. The lowest BCUT2D eigenvalue weighted by molar-refractivity contribution is 0.237. The maximum atomic E-state index is 6.27. The Morgan fingerprint density at radius 2 is 1.84 bits per heavy atom. The van der Waals surface area contributed by atoms with Crippen LogP contribution in [-0.2, 0) is 6.54 Å². The van der Waals surface area contributed by atoms with Crippen LogP contribution in [0.5, 0.6) is 0 Å². The molecule has 0 aliphatic carbocycles. The van der Waals surface area contributed by atoms with Crippen molar-refractivity contribution < 1.29 is 0 Å². The van der Waals surface area contributed by atoms with Gasteiger partial charge in [0.25, 0.3) is 0 Å². The summed E-state index contributed by atoms with van der Waals surface area (Å²) < 4.78 is 0. The Balaban J connectivity index is 2.01. The first-order valence-corrected chi connectivity index (χ1v) is 7.79. The van der Waals surface area contributed by atoms with Crippen LogP contribution < -0.4 is 5.32 Å². The molecule has 0 aromatic carbocycles. The summed E-state index contributed by atoms with van der Waals surface area (Å²) in [5.41, 5.74) is 1.00. The molecule has 0 saturated carbocycles. The minimum atomic E-state index is 0.781. The molecule has 1 saturated heterocycles. The summed E-state index contributed by atoms with van der Waals surface area (Å²) >= 11 is 6.27. The first-order valence-electron chi connectivity index (χ1n) is 7.41. The van der Waals surface area contributed by atoms with Crippen molar-refractivity contribution in [3.8, 4) is 0 Å². The molecule has 106 valence electrons. The summed E-state index contributed by atoms with van der Waals surface area (Å²) in [7, 11) is 0. The Labute approximate surface area is 121 Å². The Bertz CT molecular complexity index is 387. The van der Waals surface area contributed by atoms with Crippen LogP contribution in [0.25, 0.3) is 0 Å². The maximum Gasteiger partial charge on any atom is 0.126 e. The van der Waals surface area contributed by atoms with Crippen molar-refractivity contribution in [1.29, 1.82) is 0 Å². The summed E-state index contributed by atoms with van der Waals surface area (Å²) in [4.78, 5) is 7.11. The van der Waals surface area contributed by atoms with Crippen LogP contribution in [0.3, 0.4) is 0 Å². The molecule has 0 radical (unpaired) electrons. The van der Waals surface area contributed by atoms with E-state index in [0.29, 0.717) is 0 Å². The zero-order chi connectivity index (χ0) is 13.5. The van der Waals surface area contributed by atoms with Crippen LogP contribution in [-0.4, -0.2) is 29.5 Å². The Kier molecular flexibility index (Phi) is 5.93. The summed E-state index contributed by atoms with van der Waals surface area (Å²) in [6.07, 6.45) is 6.70. The minimum absolute atomic E-state index is 0.781. The molecule has 1 fully saturated rings. The van der Waals surface area contributed by atoms with Gasteiger partial charge in [-0.25, -0.2) is 4.98 Å². The van der Waals surface area contributed by atoms with Crippen LogP contribution in [0, 0.1) is 0 Å². The third kappa shape index (κ3) is 4.66. The molecule has 1 aliphatic heterocycles. The highest BCUT2D eigenvalue weighted by atomic mass is 35.5. The predicted octanol–water partition coefficient (Wildman–Crippen LogP) is 3.93. The van der Waals surface area contributed by atoms with Gasteiger partial charge < -0.3 is 5.32 Å². The second-order valence-electron chi connectivity index (χ2n) is 5.20. The van der Waals surface area contributed by atoms with Crippen LogP contribution in [0.15, 0.2) is 12.1 Å². The second-order valence-corrected chi connectivity index (χ2v) is 5.61. The molecule has 0 bridgehead atoms. The average molecular weight is 282 g/mol. The third-order valence-electron chi connectivity index (χ3n) is 3.60. The Morgan fingerprint density at radius 1 is 1.16 bits per heavy atom. The zero-order valence-corrected chi connectivity index (χ0v) is 12.5. The van der Waals surface area contributed by atoms with E-state index >= 15 is 0 Å². The highest BCUT2D eigenvalue weighted by molar-refractivity contribution is 6.31. The van der Waals surface area contributed by atoms with Crippen molar-refractivity contribution in [2.75, 3.05) is 25.0 Å². The molecule has 1 aromatic heterocycles. The molecule has 1 aliphatic rings. The normalized spacial score (nSPS) is 17.8. The number of hydrogen-bond acceptors (Lipinski definition) is 3. The number of pyridine rings is 1. The minimum Gasteiger partial charge on any atom is -0.370 e. The molecule has 2 rings (SSSR count). The van der Waals surface area contributed by atoms with Gasteiger partial charge in [0.05, 0.1) is 10.7 Å². The lowest BCUT2D eigenvalue weighted by Crippen LogP contribution is -2.27. The van der Waals surface area contributed by atoms with Gasteiger partial charge in [-0.1, -0.05) is 30.9 Å². The highest BCUT2D eigenvalue weighted by Crippen LogP contribution is 2.20. The Morgan fingerprint density at radius 3 is 2.53 bits per heavy atom. The number of nitrogens with one attached hydrogen (secondary N) is 1. The van der Waals surface area contributed by atoms with Gasteiger partial charge in [0.1, 0.15) is 5.82 Å². The molecular weight excluding hydrogens is 258 g/mol. The van der Waals surface area contributed by atoms with Crippen molar-refractivity contribution in [1.82, 2.24) is 9.88 Å². The van der Waals surface area contributed by atoms with Crippen molar-refractivity contribution in [3.63, 3.8) is 0 Å². The van der Waals surface area contributed by atoms with E-state index in [1.807, 2.05) is 12.1 Å². The second kappa shape index (κ2) is 7.71. The first-order chi connectivity index (χ1) is 9.29. The van der Waals surface area contributed by atoms with Gasteiger partial charge in [-0.2, -0.15) is 0 Å². The van der Waals surface area contributed by atoms with E-state index in [1.165, 1.54) is 45.2 Å². The summed E-state index contributed by atoms with van der Waals surface area (Å²) in [6, 6.07) is 3.90. The molecule has 1 aromatic rings. The van der Waals surface area contributed by atoms with Crippen LogP contribution in [0.1, 0.15) is 44.7 Å². The number of aromatic nitrogens is 1. The van der Waals surface area contributed by atoms with Gasteiger partial charge in [-0.15, -0.1) is 0 Å². The molecule has 0 amide bonds. The topological polar surface area (TPSA) is 28.2 Å². The van der Waals surface area contributed by atoms with Gasteiger partial charge in [0, 0.05) is 13.1 Å². The van der Waals surface area contributed by atoms with E-state index in [-0.39, 0.29) is 0 Å². The zero-order valence-electron chi connectivity index (χ0n) is 11.8. The first kappa shape index (κ1) is 14.6. The fourth-order valence-electron chi connectivity index (χ4n) is 2.56. The van der Waals surface area contributed by atoms with E-state index in [0.717, 1.165) is 29.6 Å². The molecule has 0 spiro atoms. The van der Waals surface area contributed by atoms with Crippen molar-refractivity contribution >= 4 is 17.4 Å². The van der Waals surface area contributed by atoms with Gasteiger partial charge in [-0.05, 0) is 45.0 Å². The van der Waals surface area contributed by atoms with E-state index < -0.39 is 0 Å². The summed E-state index contributed by atoms with van der Waals surface area (Å²) in [5.74, 6) is 0.925. The van der Waals surface area contributed by atoms with Gasteiger partial charge in [0.2, 0.25) is 0 Å².